The summed E-state index contributed by atoms with van der Waals surface area (Å²) in [7, 11) is 0. The summed E-state index contributed by atoms with van der Waals surface area (Å²) >= 11 is 0. The lowest BCUT2D eigenvalue weighted by Crippen LogP contribution is -1.83. The second kappa shape index (κ2) is 4.10. The van der Waals surface area contributed by atoms with E-state index in [4.69, 9.17) is 0 Å². The molecule has 70 valence electrons. The van der Waals surface area contributed by atoms with Gasteiger partial charge in [0.25, 0.3) is 0 Å². The van der Waals surface area contributed by atoms with Crippen LogP contribution in [0.2, 0.25) is 0 Å². The Bertz CT molecular complexity index is 447. The van der Waals surface area contributed by atoms with Crippen molar-refractivity contribution in [3.63, 3.8) is 0 Å². The highest BCUT2D eigenvalue weighted by molar-refractivity contribution is 5.85. The topological polar surface area (TPSA) is 0 Å². The van der Waals surface area contributed by atoms with Gasteiger partial charge in [-0.15, -0.1) is 0 Å². The predicted molar refractivity (Wildman–Crippen MR) is 62.5 cm³/mol. The van der Waals surface area contributed by atoms with E-state index in [9.17, 15) is 0 Å². The van der Waals surface area contributed by atoms with Gasteiger partial charge < -0.3 is 0 Å². The Hall–Kier alpha value is -1.56. The average molecular weight is 182 g/mol. The Balaban J connectivity index is 2.53. The third-order valence-corrected chi connectivity index (χ3v) is 2.45. The summed E-state index contributed by atoms with van der Waals surface area (Å²) in [6, 6.07) is 15.0. The zero-order chi connectivity index (χ0) is 9.80. The number of allylic oxidation sites excluding steroid dienone is 2. The number of hydrogen-bond acceptors (Lipinski definition) is 0. The highest BCUT2D eigenvalue weighted by Crippen LogP contribution is 2.18. The summed E-state index contributed by atoms with van der Waals surface area (Å²) in [6.45, 7) is 2.06. The van der Waals surface area contributed by atoms with Crippen LogP contribution in [-0.4, -0.2) is 0 Å². The molecule has 2 rings (SSSR count). The quantitative estimate of drug-likeness (QED) is 0.617. The summed E-state index contributed by atoms with van der Waals surface area (Å²) in [5.74, 6) is 0. The first-order valence-electron chi connectivity index (χ1n) is 4.99. The molecule has 14 heavy (non-hydrogen) atoms. The third-order valence-electron chi connectivity index (χ3n) is 2.45. The summed E-state index contributed by atoms with van der Waals surface area (Å²) in [4.78, 5) is 0. The van der Waals surface area contributed by atoms with E-state index in [1.165, 1.54) is 16.3 Å². The Morgan fingerprint density at radius 2 is 1.79 bits per heavy atom. The van der Waals surface area contributed by atoms with Crippen LogP contribution in [0.15, 0.2) is 54.6 Å². The fourth-order valence-electron chi connectivity index (χ4n) is 1.72. The second-order valence-electron chi connectivity index (χ2n) is 3.41. The lowest BCUT2D eigenvalue weighted by molar-refractivity contribution is 1.29. The number of rotatable bonds is 2. The van der Waals surface area contributed by atoms with Gasteiger partial charge >= 0.3 is 0 Å². The van der Waals surface area contributed by atoms with Crippen molar-refractivity contribution in [1.82, 2.24) is 0 Å². The lowest BCUT2D eigenvalue weighted by Gasteiger charge is -2.03. The molecule has 0 heteroatoms. The zero-order valence-electron chi connectivity index (χ0n) is 8.40. The molecule has 0 amide bonds. The van der Waals surface area contributed by atoms with Gasteiger partial charge in [-0.3, -0.25) is 0 Å². The van der Waals surface area contributed by atoms with Crippen LogP contribution in [0, 0.1) is 0 Å². The van der Waals surface area contributed by atoms with Gasteiger partial charge in [0, 0.05) is 0 Å². The molecule has 0 nitrogen and oxygen atoms in total. The first-order valence-corrected chi connectivity index (χ1v) is 4.99. The number of hydrogen-bond donors (Lipinski definition) is 0. The highest BCUT2D eigenvalue weighted by atomic mass is 14.0. The first kappa shape index (κ1) is 9.01. The van der Waals surface area contributed by atoms with Crippen LogP contribution < -0.4 is 0 Å². The first-order chi connectivity index (χ1) is 6.92. The van der Waals surface area contributed by atoms with E-state index in [0.29, 0.717) is 0 Å². The van der Waals surface area contributed by atoms with Crippen LogP contribution in [-0.2, 0) is 6.42 Å². The molecular formula is C14H14. The van der Waals surface area contributed by atoms with Gasteiger partial charge in [-0.25, -0.2) is 0 Å². The SMILES string of the molecule is CC=CCc1cccc2ccccc12. The van der Waals surface area contributed by atoms with Crippen molar-refractivity contribution < 1.29 is 0 Å². The van der Waals surface area contributed by atoms with Crippen LogP contribution >= 0.6 is 0 Å². The van der Waals surface area contributed by atoms with Gasteiger partial charge in [-0.05, 0) is 29.7 Å². The summed E-state index contributed by atoms with van der Waals surface area (Å²) in [5.41, 5.74) is 1.40. The van der Waals surface area contributed by atoms with Crippen LogP contribution in [0.4, 0.5) is 0 Å². The van der Waals surface area contributed by atoms with Crippen LogP contribution in [0.3, 0.4) is 0 Å². The van der Waals surface area contributed by atoms with E-state index >= 15 is 0 Å². The minimum Gasteiger partial charge on any atom is -0.0913 e. The Labute approximate surface area is 84.9 Å². The van der Waals surface area contributed by atoms with Crippen molar-refractivity contribution in [2.24, 2.45) is 0 Å². The van der Waals surface area contributed by atoms with Gasteiger partial charge in [0.15, 0.2) is 0 Å². The van der Waals surface area contributed by atoms with Crippen molar-refractivity contribution in [2.45, 2.75) is 13.3 Å². The van der Waals surface area contributed by atoms with Crippen molar-refractivity contribution in [3.05, 3.63) is 60.2 Å². The van der Waals surface area contributed by atoms with Gasteiger partial charge in [-0.1, -0.05) is 54.6 Å². The van der Waals surface area contributed by atoms with Crippen LogP contribution in [0.5, 0.6) is 0 Å². The predicted octanol–water partition coefficient (Wildman–Crippen LogP) is 3.96. The molecule has 0 aliphatic rings. The molecule has 2 aromatic rings. The molecule has 0 unspecified atom stereocenters. The molecule has 0 spiro atoms. The minimum absolute atomic E-state index is 1.03. The summed E-state index contributed by atoms with van der Waals surface area (Å²) < 4.78 is 0. The van der Waals surface area contributed by atoms with Crippen molar-refractivity contribution in [1.29, 1.82) is 0 Å². The molecular weight excluding hydrogens is 168 g/mol. The molecule has 0 bridgehead atoms. The largest absolute Gasteiger partial charge is 0.0913 e. The van der Waals surface area contributed by atoms with E-state index in [0.717, 1.165) is 6.42 Å². The molecule has 0 fully saturated rings. The van der Waals surface area contributed by atoms with Gasteiger partial charge in [-0.2, -0.15) is 0 Å². The van der Waals surface area contributed by atoms with Crippen LogP contribution in [0.25, 0.3) is 10.8 Å². The minimum atomic E-state index is 1.03. The van der Waals surface area contributed by atoms with E-state index in [1.54, 1.807) is 0 Å². The van der Waals surface area contributed by atoms with Gasteiger partial charge in [0.05, 0.1) is 0 Å². The molecule has 2 aromatic carbocycles. The monoisotopic (exact) mass is 182 g/mol. The maximum atomic E-state index is 2.20. The molecule has 0 radical (unpaired) electrons. The van der Waals surface area contributed by atoms with Gasteiger partial charge in [0.1, 0.15) is 0 Å². The molecule has 0 N–H and O–H groups in total. The Kier molecular flexibility index (Phi) is 2.64. The third kappa shape index (κ3) is 1.69. The molecule has 0 saturated heterocycles. The normalized spacial score (nSPS) is 11.2. The molecule has 0 saturated carbocycles. The van der Waals surface area contributed by atoms with Crippen molar-refractivity contribution in [3.8, 4) is 0 Å². The van der Waals surface area contributed by atoms with Crippen molar-refractivity contribution >= 4 is 10.8 Å². The van der Waals surface area contributed by atoms with Crippen LogP contribution in [0.1, 0.15) is 12.5 Å². The summed E-state index contributed by atoms with van der Waals surface area (Å²) in [5, 5.41) is 2.70. The standard InChI is InChI=1S/C14H14/c1-2-3-7-12-9-6-10-13-8-4-5-11-14(12)13/h2-6,8-11H,7H2,1H3. The molecule has 0 aliphatic heterocycles. The molecule has 0 aliphatic carbocycles. The van der Waals surface area contributed by atoms with E-state index in [2.05, 4.69) is 61.5 Å². The maximum Gasteiger partial charge on any atom is -0.00914 e. The Morgan fingerprint density at radius 3 is 2.64 bits per heavy atom. The fraction of sp³-hybridized carbons (Fsp3) is 0.143. The molecule has 0 atom stereocenters. The fourth-order valence-corrected chi connectivity index (χ4v) is 1.72. The molecule has 0 aromatic heterocycles. The van der Waals surface area contributed by atoms with Crippen molar-refractivity contribution in [2.75, 3.05) is 0 Å². The summed E-state index contributed by atoms with van der Waals surface area (Å²) in [6.07, 6.45) is 5.32. The van der Waals surface area contributed by atoms with Gasteiger partial charge in [0.2, 0.25) is 0 Å². The number of benzene rings is 2. The van der Waals surface area contributed by atoms with E-state index < -0.39 is 0 Å². The van der Waals surface area contributed by atoms with E-state index in [1.807, 2.05) is 0 Å². The van der Waals surface area contributed by atoms with E-state index in [-0.39, 0.29) is 0 Å². The smallest absolute Gasteiger partial charge is 0.00914 e. The average Bonchev–Trinajstić information content (AvgIpc) is 2.26. The molecule has 0 heterocycles. The highest BCUT2D eigenvalue weighted by Gasteiger charge is 1.96. The number of fused-ring (bicyclic) bond motifs is 1. The lowest BCUT2D eigenvalue weighted by atomic mass is 10.0. The Morgan fingerprint density at radius 1 is 1.00 bits per heavy atom. The maximum absolute atomic E-state index is 2.20. The second-order valence-corrected chi connectivity index (χ2v) is 3.41. The zero-order valence-corrected chi connectivity index (χ0v) is 8.40.